The summed E-state index contributed by atoms with van der Waals surface area (Å²) in [5.41, 5.74) is 3.62. The Morgan fingerprint density at radius 1 is 1.00 bits per heavy atom. The Morgan fingerprint density at radius 2 is 1.50 bits per heavy atom. The first kappa shape index (κ1) is 14.2. The molecule has 1 N–H and O–H groups in total. The van der Waals surface area contributed by atoms with Gasteiger partial charge in [-0.05, 0) is 25.0 Å². The highest BCUT2D eigenvalue weighted by molar-refractivity contribution is 5.96. The average molecular weight is 248 g/mol. The maximum atomic E-state index is 11.9. The van der Waals surface area contributed by atoms with E-state index in [-0.39, 0.29) is 11.8 Å². The summed E-state index contributed by atoms with van der Waals surface area (Å²) >= 11 is 0. The molecule has 0 bridgehead atoms. The van der Waals surface area contributed by atoms with Crippen LogP contribution in [0.2, 0.25) is 0 Å². The summed E-state index contributed by atoms with van der Waals surface area (Å²) in [5, 5.41) is 1.14. The molecule has 0 spiro atoms. The molecule has 18 heavy (non-hydrogen) atoms. The van der Waals surface area contributed by atoms with Crippen LogP contribution in [0.1, 0.15) is 39.5 Å². The van der Waals surface area contributed by atoms with Gasteiger partial charge in [-0.2, -0.15) is 5.01 Å². The van der Waals surface area contributed by atoms with Gasteiger partial charge in [-0.3, -0.25) is 15.0 Å². The molecule has 0 aliphatic carbocycles. The molecule has 0 radical (unpaired) electrons. The first-order valence-corrected chi connectivity index (χ1v) is 6.36. The van der Waals surface area contributed by atoms with Crippen molar-refractivity contribution in [3.8, 4) is 0 Å². The third-order valence-corrected chi connectivity index (χ3v) is 2.44. The number of nitrogens with zero attached hydrogens (tertiary/aromatic N) is 1. The molecule has 4 nitrogen and oxygen atoms in total. The number of amides is 2. The van der Waals surface area contributed by atoms with Crippen LogP contribution in [-0.2, 0) is 9.59 Å². The van der Waals surface area contributed by atoms with Crippen LogP contribution in [0.15, 0.2) is 30.3 Å². The van der Waals surface area contributed by atoms with E-state index < -0.39 is 0 Å². The number of anilines is 1. The predicted molar refractivity (Wildman–Crippen MR) is 71.7 cm³/mol. The number of carbonyl (C=O) groups is 2. The highest BCUT2D eigenvalue weighted by atomic mass is 16.2. The van der Waals surface area contributed by atoms with Gasteiger partial charge in [0.15, 0.2) is 0 Å². The molecule has 0 aliphatic heterocycles. The molecule has 0 saturated heterocycles. The molecule has 4 heteroatoms. The lowest BCUT2D eigenvalue weighted by Gasteiger charge is -2.22. The van der Waals surface area contributed by atoms with Gasteiger partial charge in [0, 0.05) is 12.8 Å². The van der Waals surface area contributed by atoms with Crippen LogP contribution in [0.4, 0.5) is 5.69 Å². The van der Waals surface area contributed by atoms with Crippen molar-refractivity contribution in [1.82, 2.24) is 5.01 Å². The second-order valence-corrected chi connectivity index (χ2v) is 4.10. The van der Waals surface area contributed by atoms with E-state index in [4.69, 9.17) is 0 Å². The van der Waals surface area contributed by atoms with Gasteiger partial charge >= 0.3 is 0 Å². The Morgan fingerprint density at radius 3 is 1.94 bits per heavy atom. The van der Waals surface area contributed by atoms with Gasteiger partial charge in [-0.1, -0.05) is 32.0 Å². The van der Waals surface area contributed by atoms with Gasteiger partial charge in [0.05, 0.1) is 5.69 Å². The van der Waals surface area contributed by atoms with Crippen molar-refractivity contribution in [3.63, 3.8) is 0 Å². The lowest BCUT2D eigenvalue weighted by atomic mass is 10.2. The van der Waals surface area contributed by atoms with Gasteiger partial charge in [-0.25, -0.2) is 0 Å². The molecule has 1 aromatic carbocycles. The molecule has 2 amide bonds. The Bertz CT molecular complexity index is 372. The Labute approximate surface area is 108 Å². The van der Waals surface area contributed by atoms with Crippen LogP contribution >= 0.6 is 0 Å². The molecule has 0 heterocycles. The van der Waals surface area contributed by atoms with E-state index in [1.165, 1.54) is 0 Å². The van der Waals surface area contributed by atoms with Gasteiger partial charge in [-0.15, -0.1) is 0 Å². The number of hydrazine groups is 1. The van der Waals surface area contributed by atoms with Crippen LogP contribution in [0.25, 0.3) is 0 Å². The minimum atomic E-state index is -0.181. The van der Waals surface area contributed by atoms with Crippen molar-refractivity contribution >= 4 is 17.5 Å². The summed E-state index contributed by atoms with van der Waals surface area (Å²) in [6.45, 7) is 3.84. The molecule has 0 unspecified atom stereocenters. The van der Waals surface area contributed by atoms with Crippen molar-refractivity contribution < 1.29 is 9.59 Å². The number of hydrogen-bond acceptors (Lipinski definition) is 3. The molecular weight excluding hydrogens is 228 g/mol. The summed E-state index contributed by atoms with van der Waals surface area (Å²) in [4.78, 5) is 23.8. The maximum Gasteiger partial charge on any atom is 0.248 e. The normalized spacial score (nSPS) is 9.89. The number of carbonyl (C=O) groups excluding carboxylic acids is 2. The third-order valence-electron chi connectivity index (χ3n) is 2.44. The van der Waals surface area contributed by atoms with Crippen LogP contribution in [0, 0.1) is 0 Å². The standard InChI is InChI=1S/C14H20N2O2/c1-3-8-13(17)16(14(18)9-4-2)15-12-10-6-5-7-11-12/h5-7,10-11,15H,3-4,8-9H2,1-2H3. The molecule has 0 saturated carbocycles. The number of imide groups is 1. The summed E-state index contributed by atoms with van der Waals surface area (Å²) in [6, 6.07) is 9.25. The monoisotopic (exact) mass is 248 g/mol. The molecular formula is C14H20N2O2. The Hall–Kier alpha value is -1.84. The first-order valence-electron chi connectivity index (χ1n) is 6.36. The van der Waals surface area contributed by atoms with E-state index in [1.807, 2.05) is 44.2 Å². The second kappa shape index (κ2) is 7.48. The van der Waals surface area contributed by atoms with E-state index >= 15 is 0 Å². The van der Waals surface area contributed by atoms with E-state index in [0.717, 1.165) is 23.5 Å². The fraction of sp³-hybridized carbons (Fsp3) is 0.429. The minimum absolute atomic E-state index is 0.181. The number of nitrogens with one attached hydrogen (secondary N) is 1. The summed E-state index contributed by atoms with van der Waals surface area (Å²) in [5.74, 6) is -0.361. The number of hydrogen-bond donors (Lipinski definition) is 1. The molecule has 0 fully saturated rings. The van der Waals surface area contributed by atoms with Crippen molar-refractivity contribution in [2.24, 2.45) is 0 Å². The quantitative estimate of drug-likeness (QED) is 0.787. The SMILES string of the molecule is CCCC(=O)N(Nc1ccccc1)C(=O)CCC. The lowest BCUT2D eigenvalue weighted by molar-refractivity contribution is -0.143. The Balaban J connectivity index is 2.77. The van der Waals surface area contributed by atoms with Gasteiger partial charge in [0.1, 0.15) is 0 Å². The minimum Gasteiger partial charge on any atom is -0.289 e. The fourth-order valence-electron chi connectivity index (χ4n) is 1.56. The van der Waals surface area contributed by atoms with Crippen LogP contribution in [0.5, 0.6) is 0 Å². The largest absolute Gasteiger partial charge is 0.289 e. The average Bonchev–Trinajstić information content (AvgIpc) is 2.37. The highest BCUT2D eigenvalue weighted by Gasteiger charge is 2.19. The molecule has 0 aliphatic rings. The van der Waals surface area contributed by atoms with Crippen molar-refractivity contribution in [1.29, 1.82) is 0 Å². The zero-order chi connectivity index (χ0) is 13.4. The third kappa shape index (κ3) is 4.20. The number of para-hydroxylation sites is 1. The fourth-order valence-corrected chi connectivity index (χ4v) is 1.56. The molecule has 1 aromatic rings. The van der Waals surface area contributed by atoms with E-state index in [9.17, 15) is 9.59 Å². The van der Waals surface area contributed by atoms with E-state index in [2.05, 4.69) is 5.43 Å². The van der Waals surface area contributed by atoms with E-state index in [0.29, 0.717) is 12.8 Å². The van der Waals surface area contributed by atoms with Crippen molar-refractivity contribution in [2.45, 2.75) is 39.5 Å². The molecule has 1 rings (SSSR count). The lowest BCUT2D eigenvalue weighted by Crippen LogP contribution is -2.41. The van der Waals surface area contributed by atoms with Gasteiger partial charge < -0.3 is 0 Å². The van der Waals surface area contributed by atoms with Gasteiger partial charge in [0.2, 0.25) is 11.8 Å². The van der Waals surface area contributed by atoms with Crippen molar-refractivity contribution in [2.75, 3.05) is 5.43 Å². The van der Waals surface area contributed by atoms with Crippen LogP contribution in [0.3, 0.4) is 0 Å². The highest BCUT2D eigenvalue weighted by Crippen LogP contribution is 2.10. The topological polar surface area (TPSA) is 49.4 Å². The zero-order valence-electron chi connectivity index (χ0n) is 11.0. The molecule has 0 aromatic heterocycles. The zero-order valence-corrected chi connectivity index (χ0v) is 11.0. The maximum absolute atomic E-state index is 11.9. The predicted octanol–water partition coefficient (Wildman–Crippen LogP) is 2.97. The number of benzene rings is 1. The second-order valence-electron chi connectivity index (χ2n) is 4.10. The summed E-state index contributed by atoms with van der Waals surface area (Å²) in [7, 11) is 0. The molecule has 98 valence electrons. The first-order chi connectivity index (χ1) is 8.69. The van der Waals surface area contributed by atoms with Gasteiger partial charge in [0.25, 0.3) is 0 Å². The van der Waals surface area contributed by atoms with Crippen LogP contribution < -0.4 is 5.43 Å². The number of rotatable bonds is 6. The van der Waals surface area contributed by atoms with Crippen LogP contribution in [-0.4, -0.2) is 16.8 Å². The summed E-state index contributed by atoms with van der Waals surface area (Å²) < 4.78 is 0. The molecule has 0 atom stereocenters. The van der Waals surface area contributed by atoms with Crippen molar-refractivity contribution in [3.05, 3.63) is 30.3 Å². The summed E-state index contributed by atoms with van der Waals surface area (Å²) in [6.07, 6.45) is 2.20. The Kier molecular flexibility index (Phi) is 5.91. The smallest absolute Gasteiger partial charge is 0.248 e. The van der Waals surface area contributed by atoms with E-state index in [1.54, 1.807) is 0 Å².